The van der Waals surface area contributed by atoms with Gasteiger partial charge in [-0.1, -0.05) is 18.9 Å². The summed E-state index contributed by atoms with van der Waals surface area (Å²) in [5.74, 6) is 1.99. The molecule has 1 atom stereocenters. The van der Waals surface area contributed by atoms with Crippen LogP contribution in [0.15, 0.2) is 33.2 Å². The van der Waals surface area contributed by atoms with E-state index in [1.165, 1.54) is 12.8 Å². The zero-order valence-electron chi connectivity index (χ0n) is 17.3. The van der Waals surface area contributed by atoms with E-state index in [2.05, 4.69) is 20.6 Å². The quantitative estimate of drug-likeness (QED) is 0.329. The summed E-state index contributed by atoms with van der Waals surface area (Å²) < 4.78 is 5.57. The van der Waals surface area contributed by atoms with E-state index in [1.807, 2.05) is 29.3 Å². The van der Waals surface area contributed by atoms with Crippen molar-refractivity contribution in [2.24, 2.45) is 10.9 Å². The first-order valence-electron chi connectivity index (χ1n) is 10.5. The molecule has 0 bridgehead atoms. The maximum Gasteiger partial charge on any atom is 0.236 e. The first kappa shape index (κ1) is 23.1. The Morgan fingerprint density at radius 1 is 1.37 bits per heavy atom. The minimum absolute atomic E-state index is 0. The summed E-state index contributed by atoms with van der Waals surface area (Å²) in [5.41, 5.74) is 0.801. The maximum absolute atomic E-state index is 12.6. The van der Waals surface area contributed by atoms with Crippen LogP contribution in [0.25, 0.3) is 10.8 Å². The number of aromatic nitrogens is 1. The molecule has 0 spiro atoms. The van der Waals surface area contributed by atoms with E-state index in [0.29, 0.717) is 18.3 Å². The van der Waals surface area contributed by atoms with Gasteiger partial charge in [0.25, 0.3) is 0 Å². The lowest BCUT2D eigenvalue weighted by Gasteiger charge is -2.21. The molecule has 2 fully saturated rings. The number of rotatable bonds is 6. The largest absolute Gasteiger partial charge is 0.443 e. The number of amides is 1. The minimum atomic E-state index is 0. The average molecular weight is 543 g/mol. The number of aliphatic imine (C=N–C) groups is 1. The lowest BCUT2D eigenvalue weighted by Crippen LogP contribution is -2.45. The average Bonchev–Trinajstić information content (AvgIpc) is 3.53. The van der Waals surface area contributed by atoms with Gasteiger partial charge in [0, 0.05) is 31.6 Å². The van der Waals surface area contributed by atoms with Crippen molar-refractivity contribution in [3.63, 3.8) is 0 Å². The summed E-state index contributed by atoms with van der Waals surface area (Å²) in [6.45, 7) is 4.86. The summed E-state index contributed by atoms with van der Waals surface area (Å²) in [4.78, 5) is 24.9. The van der Waals surface area contributed by atoms with Crippen molar-refractivity contribution in [1.29, 1.82) is 0 Å². The van der Waals surface area contributed by atoms with Crippen LogP contribution in [0.1, 0.15) is 44.7 Å². The number of nitrogens with one attached hydrogen (secondary N) is 2. The number of guanidine groups is 1. The summed E-state index contributed by atoms with van der Waals surface area (Å²) in [6.07, 6.45) is 7.12. The number of halogens is 1. The molecular formula is C21H30IN5O2S. The second-order valence-electron chi connectivity index (χ2n) is 7.71. The molecule has 1 amide bonds. The number of hydrogen-bond donors (Lipinski definition) is 2. The lowest BCUT2D eigenvalue weighted by atomic mass is 10.1. The van der Waals surface area contributed by atoms with Crippen LogP contribution >= 0.6 is 35.3 Å². The highest BCUT2D eigenvalue weighted by Gasteiger charge is 2.32. The first-order chi connectivity index (χ1) is 14.2. The molecule has 2 aromatic rings. The third kappa shape index (κ3) is 5.75. The molecule has 0 radical (unpaired) electrons. The van der Waals surface area contributed by atoms with Crippen LogP contribution < -0.4 is 10.6 Å². The van der Waals surface area contributed by atoms with Gasteiger partial charge in [-0.3, -0.25) is 4.79 Å². The van der Waals surface area contributed by atoms with Crippen molar-refractivity contribution in [2.45, 2.75) is 51.6 Å². The molecule has 30 heavy (non-hydrogen) atoms. The molecule has 4 rings (SSSR count). The molecule has 3 heterocycles. The van der Waals surface area contributed by atoms with Gasteiger partial charge in [0.2, 0.25) is 11.8 Å². The van der Waals surface area contributed by atoms with E-state index >= 15 is 0 Å². The van der Waals surface area contributed by atoms with Crippen molar-refractivity contribution in [3.05, 3.63) is 29.5 Å². The molecule has 164 valence electrons. The third-order valence-corrected chi connectivity index (χ3v) is 6.43. The molecule has 0 aromatic carbocycles. The van der Waals surface area contributed by atoms with Crippen LogP contribution in [0.5, 0.6) is 0 Å². The Bertz CT molecular complexity index is 832. The van der Waals surface area contributed by atoms with Crippen LogP contribution in [0.2, 0.25) is 0 Å². The zero-order chi connectivity index (χ0) is 20.1. The van der Waals surface area contributed by atoms with Crippen molar-refractivity contribution < 1.29 is 9.21 Å². The van der Waals surface area contributed by atoms with E-state index in [0.717, 1.165) is 55.4 Å². The van der Waals surface area contributed by atoms with Gasteiger partial charge in [0.1, 0.15) is 12.0 Å². The number of hydrogen-bond acceptors (Lipinski definition) is 5. The number of thiophene rings is 1. The molecule has 1 saturated heterocycles. The second-order valence-corrected chi connectivity index (χ2v) is 8.66. The molecule has 1 saturated carbocycles. The van der Waals surface area contributed by atoms with E-state index in [-0.39, 0.29) is 35.9 Å². The summed E-state index contributed by atoms with van der Waals surface area (Å²) in [5, 5.41) is 8.78. The van der Waals surface area contributed by atoms with Crippen LogP contribution in [0.4, 0.5) is 0 Å². The van der Waals surface area contributed by atoms with Gasteiger partial charge in [-0.15, -0.1) is 35.3 Å². The Morgan fingerprint density at radius 3 is 2.93 bits per heavy atom. The molecule has 9 heteroatoms. The van der Waals surface area contributed by atoms with Gasteiger partial charge in [0.05, 0.1) is 11.4 Å². The Hall–Kier alpha value is -1.62. The SMILES string of the molecule is CCNC(=NCc1coc(-c2cccs2)n1)NC1CCN(C(=O)C2CCCC2)C1.I. The van der Waals surface area contributed by atoms with Gasteiger partial charge in [0.15, 0.2) is 5.96 Å². The molecule has 1 aliphatic heterocycles. The number of oxazole rings is 1. The molecule has 2 aromatic heterocycles. The summed E-state index contributed by atoms with van der Waals surface area (Å²) >= 11 is 1.61. The van der Waals surface area contributed by atoms with Gasteiger partial charge in [-0.25, -0.2) is 9.98 Å². The highest BCUT2D eigenvalue weighted by molar-refractivity contribution is 14.0. The van der Waals surface area contributed by atoms with E-state index in [1.54, 1.807) is 17.6 Å². The van der Waals surface area contributed by atoms with E-state index < -0.39 is 0 Å². The van der Waals surface area contributed by atoms with Gasteiger partial charge in [-0.2, -0.15) is 0 Å². The highest BCUT2D eigenvalue weighted by Crippen LogP contribution is 2.28. The topological polar surface area (TPSA) is 82.8 Å². The minimum Gasteiger partial charge on any atom is -0.443 e. The number of nitrogens with zero attached hydrogens (tertiary/aromatic N) is 3. The summed E-state index contributed by atoms with van der Waals surface area (Å²) in [7, 11) is 0. The fraction of sp³-hybridized carbons (Fsp3) is 0.571. The third-order valence-electron chi connectivity index (χ3n) is 5.57. The lowest BCUT2D eigenvalue weighted by molar-refractivity contribution is -0.134. The van der Waals surface area contributed by atoms with Gasteiger partial charge < -0.3 is 20.0 Å². The van der Waals surface area contributed by atoms with Crippen molar-refractivity contribution in [2.75, 3.05) is 19.6 Å². The molecule has 1 unspecified atom stereocenters. The summed E-state index contributed by atoms with van der Waals surface area (Å²) in [6, 6.07) is 4.21. The van der Waals surface area contributed by atoms with Crippen molar-refractivity contribution in [1.82, 2.24) is 20.5 Å². The van der Waals surface area contributed by atoms with Gasteiger partial charge in [-0.05, 0) is 37.6 Å². The van der Waals surface area contributed by atoms with Gasteiger partial charge >= 0.3 is 0 Å². The fourth-order valence-electron chi connectivity index (χ4n) is 4.08. The van der Waals surface area contributed by atoms with Crippen LogP contribution in [0.3, 0.4) is 0 Å². The zero-order valence-corrected chi connectivity index (χ0v) is 20.4. The maximum atomic E-state index is 12.6. The van der Waals surface area contributed by atoms with Crippen LogP contribution in [-0.2, 0) is 11.3 Å². The smallest absolute Gasteiger partial charge is 0.236 e. The number of carbonyl (C=O) groups is 1. The van der Waals surface area contributed by atoms with Crippen molar-refractivity contribution >= 4 is 47.2 Å². The normalized spacial score (nSPS) is 19.7. The second kappa shape index (κ2) is 11.1. The Balaban J connectivity index is 0.00000256. The highest BCUT2D eigenvalue weighted by atomic mass is 127. The van der Waals surface area contributed by atoms with Crippen LogP contribution in [-0.4, -0.2) is 47.4 Å². The predicted octanol–water partition coefficient (Wildman–Crippen LogP) is 3.87. The number of likely N-dealkylation sites (tertiary alicyclic amines) is 1. The monoisotopic (exact) mass is 543 g/mol. The molecule has 2 N–H and O–H groups in total. The fourth-order valence-corrected chi connectivity index (χ4v) is 4.73. The Kier molecular flexibility index (Phi) is 8.55. The molecule has 7 nitrogen and oxygen atoms in total. The molecule has 1 aliphatic carbocycles. The standard InChI is InChI=1S/C21H29N5O2S.HI/c1-2-22-21(23-12-17-14-28-19(24-17)18-8-5-11-29-18)25-16-9-10-26(13-16)20(27)15-6-3-4-7-15;/h5,8,11,14-16H,2-4,6-7,9-10,12-13H2,1H3,(H2,22,23,25);1H. The van der Waals surface area contributed by atoms with Crippen LogP contribution in [0, 0.1) is 5.92 Å². The van der Waals surface area contributed by atoms with E-state index in [4.69, 9.17) is 4.42 Å². The Labute approximate surface area is 198 Å². The molecule has 2 aliphatic rings. The first-order valence-corrected chi connectivity index (χ1v) is 11.4. The molecular weight excluding hydrogens is 513 g/mol. The Morgan fingerprint density at radius 2 is 2.20 bits per heavy atom. The van der Waals surface area contributed by atoms with Crippen molar-refractivity contribution in [3.8, 4) is 10.8 Å². The van der Waals surface area contributed by atoms with E-state index in [9.17, 15) is 4.79 Å². The number of carbonyl (C=O) groups excluding carboxylic acids is 1. The predicted molar refractivity (Wildman–Crippen MR) is 130 cm³/mol.